The molecule has 5 nitrogen and oxygen atoms in total. The normalized spacial score (nSPS) is 12.0. The number of benzene rings is 1. The Balaban J connectivity index is 2.82. The summed E-state index contributed by atoms with van der Waals surface area (Å²) in [6.07, 6.45) is -0.382. The van der Waals surface area contributed by atoms with Crippen LogP contribution in [-0.2, 0) is 9.59 Å². The lowest BCUT2D eigenvalue weighted by Gasteiger charge is -2.11. The van der Waals surface area contributed by atoms with Gasteiger partial charge in [0.15, 0.2) is 0 Å². The Morgan fingerprint density at radius 3 is 2.50 bits per heavy atom. The van der Waals surface area contributed by atoms with Gasteiger partial charge in [-0.05, 0) is 22.0 Å². The van der Waals surface area contributed by atoms with Gasteiger partial charge in [0.05, 0.1) is 22.6 Å². The van der Waals surface area contributed by atoms with Crippen LogP contribution in [-0.4, -0.2) is 17.9 Å². The molecular weight excluding hydrogens is 312 g/mol. The zero-order valence-corrected chi connectivity index (χ0v) is 10.6. The summed E-state index contributed by atoms with van der Waals surface area (Å²) in [5.74, 6) is -3.16. The van der Waals surface area contributed by atoms with Crippen molar-refractivity contribution in [3.05, 3.63) is 28.2 Å². The van der Waals surface area contributed by atoms with Crippen molar-refractivity contribution in [2.75, 3.05) is 5.32 Å². The second-order valence-electron chi connectivity index (χ2n) is 3.51. The third-order valence-electron chi connectivity index (χ3n) is 2.03. The summed E-state index contributed by atoms with van der Waals surface area (Å²) < 4.78 is 26.5. The van der Waals surface area contributed by atoms with Gasteiger partial charge in [-0.2, -0.15) is 0 Å². The van der Waals surface area contributed by atoms with Gasteiger partial charge in [0, 0.05) is 6.07 Å². The average Bonchev–Trinajstić information content (AvgIpc) is 2.24. The molecule has 0 aliphatic carbocycles. The maximum Gasteiger partial charge on any atom is 0.241 e. The number of anilines is 1. The minimum atomic E-state index is -1.21. The Hall–Kier alpha value is -1.54. The Morgan fingerprint density at radius 1 is 1.33 bits per heavy atom. The summed E-state index contributed by atoms with van der Waals surface area (Å²) in [5, 5.41) is 2.08. The fourth-order valence-electron chi connectivity index (χ4n) is 1.15. The number of halogens is 3. The molecule has 1 aromatic rings. The molecular formula is C10H10BrF2N3O2. The van der Waals surface area contributed by atoms with E-state index in [9.17, 15) is 18.4 Å². The molecule has 98 valence electrons. The number of hydrogen-bond donors (Lipinski definition) is 3. The zero-order valence-electron chi connectivity index (χ0n) is 9.04. The van der Waals surface area contributed by atoms with Crippen molar-refractivity contribution in [2.45, 2.75) is 12.5 Å². The Bertz CT molecular complexity index is 496. The maximum atomic E-state index is 13.4. The number of primary amides is 1. The third-order valence-corrected chi connectivity index (χ3v) is 2.63. The number of nitrogens with two attached hydrogens (primary N) is 2. The molecule has 8 heteroatoms. The van der Waals surface area contributed by atoms with Crippen LogP contribution in [0.1, 0.15) is 6.42 Å². The van der Waals surface area contributed by atoms with Crippen LogP contribution >= 0.6 is 15.9 Å². The van der Waals surface area contributed by atoms with Gasteiger partial charge in [0.1, 0.15) is 11.6 Å². The van der Waals surface area contributed by atoms with Crippen LogP contribution in [0.15, 0.2) is 16.6 Å². The molecule has 1 unspecified atom stereocenters. The summed E-state index contributed by atoms with van der Waals surface area (Å²) >= 11 is 2.79. The van der Waals surface area contributed by atoms with Gasteiger partial charge in [0.25, 0.3) is 0 Å². The molecule has 0 bridgehead atoms. The predicted octanol–water partition coefficient (Wildman–Crippen LogP) is 0.868. The lowest BCUT2D eigenvalue weighted by molar-refractivity contribution is -0.123. The Labute approximate surface area is 110 Å². The predicted molar refractivity (Wildman–Crippen MR) is 64.5 cm³/mol. The van der Waals surface area contributed by atoms with E-state index in [4.69, 9.17) is 11.5 Å². The van der Waals surface area contributed by atoms with E-state index >= 15 is 0 Å². The second kappa shape index (κ2) is 5.87. The standard InChI is InChI=1S/C10H10BrF2N3O2/c11-4-1-6(13)8(2-5(4)12)16-10(18)7(14)3-9(15)17/h1-2,7H,3,14H2,(H2,15,17)(H,16,18). The van der Waals surface area contributed by atoms with E-state index in [2.05, 4.69) is 21.2 Å². The van der Waals surface area contributed by atoms with E-state index in [0.717, 1.165) is 12.1 Å². The molecule has 0 aliphatic heterocycles. The third kappa shape index (κ3) is 3.74. The lowest BCUT2D eigenvalue weighted by atomic mass is 10.2. The summed E-state index contributed by atoms with van der Waals surface area (Å²) in [6, 6.07) is 0.451. The molecule has 1 atom stereocenters. The van der Waals surface area contributed by atoms with Gasteiger partial charge in [0.2, 0.25) is 11.8 Å². The van der Waals surface area contributed by atoms with Crippen molar-refractivity contribution in [3.63, 3.8) is 0 Å². The molecule has 1 aromatic carbocycles. The van der Waals surface area contributed by atoms with Crippen LogP contribution in [0.5, 0.6) is 0 Å². The summed E-state index contributed by atoms with van der Waals surface area (Å²) in [4.78, 5) is 22.0. The van der Waals surface area contributed by atoms with Crippen LogP contribution < -0.4 is 16.8 Å². The number of hydrogen-bond acceptors (Lipinski definition) is 3. The molecule has 2 amide bonds. The minimum Gasteiger partial charge on any atom is -0.370 e. The molecule has 0 saturated heterocycles. The highest BCUT2D eigenvalue weighted by Gasteiger charge is 2.18. The van der Waals surface area contributed by atoms with Crippen molar-refractivity contribution in [1.29, 1.82) is 0 Å². The molecule has 0 saturated carbocycles. The number of amides is 2. The average molecular weight is 322 g/mol. The largest absolute Gasteiger partial charge is 0.370 e. The van der Waals surface area contributed by atoms with E-state index < -0.39 is 29.5 Å². The van der Waals surface area contributed by atoms with E-state index in [1.54, 1.807) is 0 Å². The summed E-state index contributed by atoms with van der Waals surface area (Å²) in [5.41, 5.74) is 9.84. The van der Waals surface area contributed by atoms with Gasteiger partial charge < -0.3 is 16.8 Å². The first kappa shape index (κ1) is 14.5. The number of carbonyl (C=O) groups excluding carboxylic acids is 2. The van der Waals surface area contributed by atoms with Crippen LogP contribution in [0.3, 0.4) is 0 Å². The molecule has 1 rings (SSSR count). The fourth-order valence-corrected chi connectivity index (χ4v) is 1.47. The summed E-state index contributed by atoms with van der Waals surface area (Å²) in [6.45, 7) is 0. The monoisotopic (exact) mass is 321 g/mol. The highest BCUT2D eigenvalue weighted by molar-refractivity contribution is 9.10. The molecule has 0 heterocycles. The van der Waals surface area contributed by atoms with E-state index in [0.29, 0.717) is 0 Å². The second-order valence-corrected chi connectivity index (χ2v) is 4.37. The number of carbonyl (C=O) groups is 2. The van der Waals surface area contributed by atoms with Crippen LogP contribution in [0.2, 0.25) is 0 Å². The van der Waals surface area contributed by atoms with E-state index in [1.807, 2.05) is 0 Å². The molecule has 5 N–H and O–H groups in total. The van der Waals surface area contributed by atoms with Gasteiger partial charge in [-0.3, -0.25) is 9.59 Å². The number of rotatable bonds is 4. The minimum absolute atomic E-state index is 0.0700. The zero-order chi connectivity index (χ0) is 13.9. The Kier molecular flexibility index (Phi) is 4.74. The molecule has 0 aliphatic rings. The van der Waals surface area contributed by atoms with Crippen molar-refractivity contribution < 1.29 is 18.4 Å². The first-order valence-electron chi connectivity index (χ1n) is 4.80. The first-order valence-corrected chi connectivity index (χ1v) is 5.60. The topological polar surface area (TPSA) is 98.2 Å². The van der Waals surface area contributed by atoms with Gasteiger partial charge in [-0.25, -0.2) is 8.78 Å². The maximum absolute atomic E-state index is 13.4. The highest BCUT2D eigenvalue weighted by Crippen LogP contribution is 2.23. The molecule has 0 spiro atoms. The number of nitrogens with one attached hydrogen (secondary N) is 1. The van der Waals surface area contributed by atoms with E-state index in [1.165, 1.54) is 0 Å². The van der Waals surface area contributed by atoms with Crippen LogP contribution in [0, 0.1) is 11.6 Å². The fraction of sp³-hybridized carbons (Fsp3) is 0.200. The van der Waals surface area contributed by atoms with Crippen molar-refractivity contribution in [1.82, 2.24) is 0 Å². The molecule has 0 fully saturated rings. The van der Waals surface area contributed by atoms with Crippen LogP contribution in [0.25, 0.3) is 0 Å². The molecule has 18 heavy (non-hydrogen) atoms. The van der Waals surface area contributed by atoms with E-state index in [-0.39, 0.29) is 16.6 Å². The van der Waals surface area contributed by atoms with Crippen molar-refractivity contribution in [3.8, 4) is 0 Å². The van der Waals surface area contributed by atoms with Crippen molar-refractivity contribution >= 4 is 33.4 Å². The van der Waals surface area contributed by atoms with Gasteiger partial charge in [-0.1, -0.05) is 0 Å². The molecule has 0 radical (unpaired) electrons. The van der Waals surface area contributed by atoms with Crippen LogP contribution in [0.4, 0.5) is 14.5 Å². The molecule has 0 aromatic heterocycles. The SMILES string of the molecule is NC(=O)CC(N)C(=O)Nc1cc(F)c(Br)cc1F. The highest BCUT2D eigenvalue weighted by atomic mass is 79.9. The smallest absolute Gasteiger partial charge is 0.241 e. The van der Waals surface area contributed by atoms with Gasteiger partial charge >= 0.3 is 0 Å². The first-order chi connectivity index (χ1) is 8.31. The van der Waals surface area contributed by atoms with Gasteiger partial charge in [-0.15, -0.1) is 0 Å². The quantitative estimate of drug-likeness (QED) is 0.717. The Morgan fingerprint density at radius 2 is 1.94 bits per heavy atom. The summed E-state index contributed by atoms with van der Waals surface area (Å²) in [7, 11) is 0. The van der Waals surface area contributed by atoms with Crippen molar-refractivity contribution in [2.24, 2.45) is 11.5 Å². The lowest BCUT2D eigenvalue weighted by Crippen LogP contribution is -2.39.